The Kier molecular flexibility index (Phi) is 3.60. The number of rotatable bonds is 3. The summed E-state index contributed by atoms with van der Waals surface area (Å²) < 4.78 is 2.59. The first-order valence-corrected chi connectivity index (χ1v) is 7.52. The third-order valence-electron chi connectivity index (χ3n) is 3.96. The van der Waals surface area contributed by atoms with E-state index in [1.807, 2.05) is 0 Å². The molecule has 0 atom stereocenters. The Morgan fingerprint density at radius 1 is 1.48 bits per heavy atom. The maximum atomic E-state index is 12.7. The lowest BCUT2D eigenvalue weighted by atomic mass is 10.0. The van der Waals surface area contributed by atoms with E-state index in [4.69, 9.17) is 22.4 Å². The molecule has 3 rings (SSSR count). The lowest BCUT2D eigenvalue weighted by Crippen LogP contribution is -2.29. The van der Waals surface area contributed by atoms with E-state index in [9.17, 15) is 9.90 Å². The van der Waals surface area contributed by atoms with Gasteiger partial charge in [-0.05, 0) is 25.8 Å². The molecule has 0 bridgehead atoms. The Hall–Kier alpha value is -2.41. The van der Waals surface area contributed by atoms with Gasteiger partial charge < -0.3 is 5.11 Å². The van der Waals surface area contributed by atoms with Crippen molar-refractivity contribution >= 4 is 23.2 Å². The van der Waals surface area contributed by atoms with Crippen molar-refractivity contribution < 1.29 is 9.90 Å². The summed E-state index contributed by atoms with van der Waals surface area (Å²) in [5.41, 5.74) is 0.474. The fourth-order valence-corrected chi connectivity index (χ4v) is 2.75. The van der Waals surface area contributed by atoms with Crippen LogP contribution in [0.3, 0.4) is 0 Å². The van der Waals surface area contributed by atoms with E-state index in [0.717, 1.165) is 12.8 Å². The first-order chi connectivity index (χ1) is 10.8. The highest BCUT2D eigenvalue weighted by molar-refractivity contribution is 6.35. The van der Waals surface area contributed by atoms with Crippen LogP contribution in [0.5, 0.6) is 5.88 Å². The average Bonchev–Trinajstić information content (AvgIpc) is 3.30. The van der Waals surface area contributed by atoms with Crippen LogP contribution in [-0.2, 0) is 7.05 Å². The molecule has 2 aromatic heterocycles. The van der Waals surface area contributed by atoms with Gasteiger partial charge >= 0.3 is 0 Å². The third kappa shape index (κ3) is 2.46. The Morgan fingerprint density at radius 2 is 2.13 bits per heavy atom. The predicted octanol–water partition coefficient (Wildman–Crippen LogP) is 1.83. The topological polar surface area (TPSA) is 108 Å². The number of nitrogens with zero attached hydrogens (tertiary/aromatic N) is 3. The van der Waals surface area contributed by atoms with Crippen molar-refractivity contribution in [1.29, 1.82) is 10.8 Å². The van der Waals surface area contributed by atoms with Crippen LogP contribution in [0.15, 0.2) is 12.3 Å². The number of hydrogen-bond acceptors (Lipinski definition) is 5. The number of carbonyl (C=O) groups excluding carboxylic acids is 1. The lowest BCUT2D eigenvalue weighted by molar-refractivity contribution is 0.103. The molecular weight excluding hydrogens is 318 g/mol. The lowest BCUT2D eigenvalue weighted by Gasteiger charge is -2.11. The van der Waals surface area contributed by atoms with E-state index in [1.54, 1.807) is 6.92 Å². The van der Waals surface area contributed by atoms with Crippen molar-refractivity contribution in [2.45, 2.75) is 19.8 Å². The van der Waals surface area contributed by atoms with Gasteiger partial charge in [0.15, 0.2) is 0 Å². The molecule has 1 fully saturated rings. The third-order valence-corrected chi connectivity index (χ3v) is 4.35. The second-order valence-corrected chi connectivity index (χ2v) is 6.04. The van der Waals surface area contributed by atoms with Crippen molar-refractivity contribution in [2.24, 2.45) is 13.0 Å². The summed E-state index contributed by atoms with van der Waals surface area (Å²) in [7, 11) is 1.53. The van der Waals surface area contributed by atoms with Crippen molar-refractivity contribution in [3.05, 3.63) is 39.6 Å². The molecule has 23 heavy (non-hydrogen) atoms. The van der Waals surface area contributed by atoms with Crippen LogP contribution < -0.4 is 5.49 Å². The summed E-state index contributed by atoms with van der Waals surface area (Å²) in [5.74, 6) is -0.253. The van der Waals surface area contributed by atoms with Gasteiger partial charge in [-0.25, -0.2) is 4.68 Å². The number of pyridine rings is 1. The molecule has 3 N–H and O–H groups in total. The zero-order valence-corrected chi connectivity index (χ0v) is 13.5. The number of aromatic hydroxyl groups is 1. The number of halogens is 1. The predicted molar refractivity (Wildman–Crippen MR) is 84.2 cm³/mol. The van der Waals surface area contributed by atoms with Crippen molar-refractivity contribution in [3.8, 4) is 5.88 Å². The highest BCUT2D eigenvalue weighted by Crippen LogP contribution is 2.30. The van der Waals surface area contributed by atoms with Crippen molar-refractivity contribution in [3.63, 3.8) is 0 Å². The van der Waals surface area contributed by atoms with E-state index >= 15 is 0 Å². The minimum atomic E-state index is -0.489. The standard InChI is InChI=1S/C15H16ClN5O2/c1-7-10(15(23)20(2)19-7)12(22)9-5-6-21(14(18)11(9)16)13(17)8-3-4-8/h5-6,8,17-18,23H,3-4H2,1-2H3. The summed E-state index contributed by atoms with van der Waals surface area (Å²) >= 11 is 6.19. The van der Waals surface area contributed by atoms with Crippen LogP contribution in [0.1, 0.15) is 34.5 Å². The molecule has 0 aromatic carbocycles. The minimum absolute atomic E-state index is 0.0365. The van der Waals surface area contributed by atoms with Crippen LogP contribution in [-0.4, -0.2) is 31.1 Å². The molecule has 0 spiro atoms. The molecule has 0 saturated heterocycles. The second-order valence-electron chi connectivity index (χ2n) is 5.66. The van der Waals surface area contributed by atoms with Gasteiger partial charge in [-0.15, -0.1) is 0 Å². The summed E-state index contributed by atoms with van der Waals surface area (Å²) in [4.78, 5) is 12.7. The zero-order chi connectivity index (χ0) is 16.9. The number of ketones is 1. The van der Waals surface area contributed by atoms with Crippen LogP contribution in [0.2, 0.25) is 5.02 Å². The molecule has 7 nitrogen and oxygen atoms in total. The van der Waals surface area contributed by atoms with E-state index in [2.05, 4.69) is 5.10 Å². The number of nitrogens with one attached hydrogen (secondary N) is 2. The van der Waals surface area contributed by atoms with E-state index in [-0.39, 0.29) is 33.4 Å². The Bertz CT molecular complexity index is 892. The monoisotopic (exact) mass is 333 g/mol. The van der Waals surface area contributed by atoms with Crippen molar-refractivity contribution in [1.82, 2.24) is 14.3 Å². The highest BCUT2D eigenvalue weighted by atomic mass is 35.5. The molecule has 0 unspecified atom stereocenters. The van der Waals surface area contributed by atoms with Crippen LogP contribution in [0, 0.1) is 23.7 Å². The van der Waals surface area contributed by atoms with Gasteiger partial charge in [0, 0.05) is 24.7 Å². The molecule has 2 aromatic rings. The molecule has 120 valence electrons. The Labute approximate surface area is 137 Å². The van der Waals surface area contributed by atoms with E-state index < -0.39 is 5.78 Å². The SMILES string of the molecule is Cc1nn(C)c(O)c1C(=O)c1ccn(C(=N)C2CC2)c(=N)c1Cl. The molecule has 8 heteroatoms. The highest BCUT2D eigenvalue weighted by Gasteiger charge is 2.29. The van der Waals surface area contributed by atoms with E-state index in [1.165, 1.54) is 28.6 Å². The van der Waals surface area contributed by atoms with Gasteiger partial charge in [0.1, 0.15) is 16.9 Å². The molecular formula is C15H16ClN5O2. The van der Waals surface area contributed by atoms with Gasteiger partial charge in [-0.1, -0.05) is 11.6 Å². The molecule has 1 aliphatic carbocycles. The fourth-order valence-electron chi connectivity index (χ4n) is 2.51. The Morgan fingerprint density at radius 3 is 2.65 bits per heavy atom. The van der Waals surface area contributed by atoms with Crippen LogP contribution >= 0.6 is 11.6 Å². The summed E-state index contributed by atoms with van der Waals surface area (Å²) in [6, 6.07) is 1.48. The summed E-state index contributed by atoms with van der Waals surface area (Å²) in [6.07, 6.45) is 3.38. The normalized spacial score (nSPS) is 14.0. The Balaban J connectivity index is 2.07. The smallest absolute Gasteiger partial charge is 0.220 e. The maximum absolute atomic E-state index is 12.7. The van der Waals surface area contributed by atoms with Gasteiger partial charge in [0.05, 0.1) is 10.7 Å². The summed E-state index contributed by atoms with van der Waals surface area (Å²) in [5, 5.41) is 30.1. The number of aryl methyl sites for hydroxylation is 2. The molecule has 0 radical (unpaired) electrons. The largest absolute Gasteiger partial charge is 0.493 e. The number of aromatic nitrogens is 3. The van der Waals surface area contributed by atoms with Gasteiger partial charge in [-0.3, -0.25) is 20.2 Å². The molecule has 2 heterocycles. The first kappa shape index (κ1) is 15.5. The molecule has 0 aliphatic heterocycles. The molecule has 1 aliphatic rings. The molecule has 1 saturated carbocycles. The van der Waals surface area contributed by atoms with Crippen LogP contribution in [0.4, 0.5) is 0 Å². The zero-order valence-electron chi connectivity index (χ0n) is 12.7. The van der Waals surface area contributed by atoms with Gasteiger partial charge in [0.25, 0.3) is 0 Å². The first-order valence-electron chi connectivity index (χ1n) is 7.14. The quantitative estimate of drug-likeness (QED) is 0.453. The van der Waals surface area contributed by atoms with Crippen LogP contribution in [0.25, 0.3) is 0 Å². The fraction of sp³-hybridized carbons (Fsp3) is 0.333. The second kappa shape index (κ2) is 5.34. The number of carbonyl (C=O) groups is 1. The minimum Gasteiger partial charge on any atom is -0.493 e. The van der Waals surface area contributed by atoms with Crippen molar-refractivity contribution in [2.75, 3.05) is 0 Å². The van der Waals surface area contributed by atoms with Gasteiger partial charge in [0.2, 0.25) is 11.7 Å². The number of hydrogen-bond donors (Lipinski definition) is 3. The van der Waals surface area contributed by atoms with Gasteiger partial charge in [-0.2, -0.15) is 5.10 Å². The summed E-state index contributed by atoms with van der Waals surface area (Å²) in [6.45, 7) is 1.62. The molecule has 0 amide bonds. The van der Waals surface area contributed by atoms with E-state index in [0.29, 0.717) is 11.5 Å². The average molecular weight is 334 g/mol. The maximum Gasteiger partial charge on any atom is 0.220 e.